The van der Waals surface area contributed by atoms with Crippen molar-refractivity contribution in [3.05, 3.63) is 67.0 Å². The number of rotatable bonds is 0. The quantitative estimate of drug-likeness (QED) is 0.312. The Bertz CT molecular complexity index is 1140. The van der Waals surface area contributed by atoms with Crippen LogP contribution in [0.2, 0.25) is 0 Å². The standard InChI is InChI=1S/C18H11N3/c1-2-7-14-12(5-1)11-16-18(20-14)13-6-3-9-19-17(13)15-8-4-10-21(15)16/h1-11H. The molecule has 0 aliphatic heterocycles. The van der Waals surface area contributed by atoms with Crippen molar-refractivity contribution in [2.45, 2.75) is 0 Å². The Labute approximate surface area is 120 Å². The number of hydrogen-bond donors (Lipinski definition) is 0. The van der Waals surface area contributed by atoms with Gasteiger partial charge < -0.3 is 4.40 Å². The van der Waals surface area contributed by atoms with Crippen LogP contribution in [0, 0.1) is 0 Å². The molecule has 0 fully saturated rings. The molecule has 0 radical (unpaired) electrons. The molecule has 0 spiro atoms. The zero-order valence-electron chi connectivity index (χ0n) is 11.2. The van der Waals surface area contributed by atoms with Crippen LogP contribution < -0.4 is 0 Å². The van der Waals surface area contributed by atoms with Gasteiger partial charge in [-0.2, -0.15) is 0 Å². The Morgan fingerprint density at radius 2 is 1.76 bits per heavy atom. The number of pyridine rings is 3. The fourth-order valence-electron chi connectivity index (χ4n) is 3.07. The number of hydrogen-bond acceptors (Lipinski definition) is 2. The molecule has 0 N–H and O–H groups in total. The van der Waals surface area contributed by atoms with E-state index in [1.54, 1.807) is 0 Å². The lowest BCUT2D eigenvalue weighted by Gasteiger charge is -2.09. The molecule has 5 rings (SSSR count). The van der Waals surface area contributed by atoms with Crippen LogP contribution in [0.15, 0.2) is 67.0 Å². The van der Waals surface area contributed by atoms with Crippen LogP contribution in [0.4, 0.5) is 0 Å². The van der Waals surface area contributed by atoms with Crippen molar-refractivity contribution in [1.82, 2.24) is 14.4 Å². The molecule has 0 aliphatic carbocycles. The summed E-state index contributed by atoms with van der Waals surface area (Å²) < 4.78 is 2.17. The Hall–Kier alpha value is -2.94. The van der Waals surface area contributed by atoms with Crippen LogP contribution in [-0.4, -0.2) is 14.4 Å². The van der Waals surface area contributed by atoms with Gasteiger partial charge in [0.05, 0.1) is 27.6 Å². The second-order valence-corrected chi connectivity index (χ2v) is 5.21. The van der Waals surface area contributed by atoms with Gasteiger partial charge in [-0.25, -0.2) is 4.98 Å². The average molecular weight is 269 g/mol. The predicted octanol–water partition coefficient (Wildman–Crippen LogP) is 4.19. The number of nitrogens with zero attached hydrogens (tertiary/aromatic N) is 3. The van der Waals surface area contributed by atoms with Gasteiger partial charge in [0.1, 0.15) is 0 Å². The van der Waals surface area contributed by atoms with Gasteiger partial charge in [-0.3, -0.25) is 4.98 Å². The molecule has 0 bridgehead atoms. The highest BCUT2D eigenvalue weighted by atomic mass is 14.9. The van der Waals surface area contributed by atoms with Gasteiger partial charge in [-0.15, -0.1) is 0 Å². The normalized spacial score (nSPS) is 11.8. The first-order chi connectivity index (χ1) is 10.4. The largest absolute Gasteiger partial charge is 0.313 e. The molecular formula is C18H11N3. The minimum absolute atomic E-state index is 0.998. The van der Waals surface area contributed by atoms with E-state index in [0.717, 1.165) is 38.4 Å². The number of fused-ring (bicyclic) bond motifs is 7. The van der Waals surface area contributed by atoms with E-state index in [1.165, 1.54) is 0 Å². The maximum absolute atomic E-state index is 4.87. The Morgan fingerprint density at radius 3 is 2.76 bits per heavy atom. The molecular weight excluding hydrogens is 258 g/mol. The van der Waals surface area contributed by atoms with Crippen LogP contribution in [0.25, 0.3) is 38.4 Å². The SMILES string of the molecule is c1ccc2nc3c4cccnc4c4cccn4c3cc2c1. The lowest BCUT2D eigenvalue weighted by molar-refractivity contribution is 1.26. The van der Waals surface area contributed by atoms with Crippen LogP contribution in [0.1, 0.15) is 0 Å². The summed E-state index contributed by atoms with van der Waals surface area (Å²) in [6.07, 6.45) is 3.91. The van der Waals surface area contributed by atoms with E-state index in [9.17, 15) is 0 Å². The summed E-state index contributed by atoms with van der Waals surface area (Å²) in [4.78, 5) is 9.43. The third-order valence-corrected chi connectivity index (χ3v) is 4.02. The fourth-order valence-corrected chi connectivity index (χ4v) is 3.07. The first kappa shape index (κ1) is 10.8. The topological polar surface area (TPSA) is 30.2 Å². The van der Waals surface area contributed by atoms with Crippen molar-refractivity contribution in [2.75, 3.05) is 0 Å². The van der Waals surface area contributed by atoms with E-state index in [4.69, 9.17) is 4.98 Å². The number of para-hydroxylation sites is 1. The highest BCUT2D eigenvalue weighted by Crippen LogP contribution is 2.29. The fraction of sp³-hybridized carbons (Fsp3) is 0. The van der Waals surface area contributed by atoms with Gasteiger partial charge in [0.25, 0.3) is 0 Å². The molecule has 21 heavy (non-hydrogen) atoms. The molecule has 0 saturated heterocycles. The highest BCUT2D eigenvalue weighted by molar-refractivity contribution is 6.11. The van der Waals surface area contributed by atoms with E-state index < -0.39 is 0 Å². The molecule has 0 amide bonds. The number of benzene rings is 1. The maximum Gasteiger partial charge on any atom is 0.0972 e. The van der Waals surface area contributed by atoms with E-state index in [1.807, 2.05) is 24.4 Å². The van der Waals surface area contributed by atoms with Crippen molar-refractivity contribution >= 4 is 38.4 Å². The maximum atomic E-state index is 4.87. The summed E-state index contributed by atoms with van der Waals surface area (Å²) in [5.41, 5.74) is 5.25. The monoisotopic (exact) mass is 269 g/mol. The second-order valence-electron chi connectivity index (χ2n) is 5.21. The lowest BCUT2D eigenvalue weighted by atomic mass is 10.1. The minimum atomic E-state index is 0.998. The highest BCUT2D eigenvalue weighted by Gasteiger charge is 2.10. The van der Waals surface area contributed by atoms with Crippen LogP contribution >= 0.6 is 0 Å². The van der Waals surface area contributed by atoms with Crippen molar-refractivity contribution < 1.29 is 0 Å². The average Bonchev–Trinajstić information content (AvgIpc) is 3.03. The van der Waals surface area contributed by atoms with Crippen molar-refractivity contribution in [1.29, 1.82) is 0 Å². The summed E-state index contributed by atoms with van der Waals surface area (Å²) in [5.74, 6) is 0. The molecule has 0 saturated carbocycles. The van der Waals surface area contributed by atoms with Crippen molar-refractivity contribution in [3.63, 3.8) is 0 Å². The predicted molar refractivity (Wildman–Crippen MR) is 85.5 cm³/mol. The summed E-state index contributed by atoms with van der Waals surface area (Å²) in [6, 6.07) is 18.7. The number of aromatic nitrogens is 3. The van der Waals surface area contributed by atoms with Gasteiger partial charge in [0.2, 0.25) is 0 Å². The first-order valence-corrected chi connectivity index (χ1v) is 6.95. The summed E-state index contributed by atoms with van der Waals surface area (Å²) in [7, 11) is 0. The van der Waals surface area contributed by atoms with Gasteiger partial charge in [0.15, 0.2) is 0 Å². The van der Waals surface area contributed by atoms with E-state index in [2.05, 4.69) is 52.0 Å². The zero-order valence-corrected chi connectivity index (χ0v) is 11.2. The van der Waals surface area contributed by atoms with Gasteiger partial charge in [-0.1, -0.05) is 18.2 Å². The second kappa shape index (κ2) is 3.79. The lowest BCUT2D eigenvalue weighted by Crippen LogP contribution is -1.93. The Balaban J connectivity index is 2.18. The van der Waals surface area contributed by atoms with E-state index >= 15 is 0 Å². The summed E-state index contributed by atoms with van der Waals surface area (Å²) in [5, 5.41) is 2.26. The van der Waals surface area contributed by atoms with Crippen molar-refractivity contribution in [2.24, 2.45) is 0 Å². The molecule has 3 heteroatoms. The molecule has 4 aromatic heterocycles. The smallest absolute Gasteiger partial charge is 0.0972 e. The molecule has 98 valence electrons. The first-order valence-electron chi connectivity index (χ1n) is 6.95. The van der Waals surface area contributed by atoms with Crippen LogP contribution in [0.5, 0.6) is 0 Å². The zero-order chi connectivity index (χ0) is 13.8. The van der Waals surface area contributed by atoms with Crippen LogP contribution in [0.3, 0.4) is 0 Å². The Morgan fingerprint density at radius 1 is 0.810 bits per heavy atom. The molecule has 1 aromatic carbocycles. The summed E-state index contributed by atoms with van der Waals surface area (Å²) >= 11 is 0. The third kappa shape index (κ3) is 1.37. The van der Waals surface area contributed by atoms with Crippen LogP contribution in [-0.2, 0) is 0 Å². The molecule has 5 aromatic rings. The van der Waals surface area contributed by atoms with Gasteiger partial charge in [-0.05, 0) is 36.4 Å². The third-order valence-electron chi connectivity index (χ3n) is 4.02. The Kier molecular flexibility index (Phi) is 1.95. The minimum Gasteiger partial charge on any atom is -0.313 e. The molecule has 0 aliphatic rings. The molecule has 0 atom stereocenters. The van der Waals surface area contributed by atoms with Crippen molar-refractivity contribution in [3.8, 4) is 0 Å². The molecule has 0 unspecified atom stereocenters. The van der Waals surface area contributed by atoms with E-state index in [-0.39, 0.29) is 0 Å². The van der Waals surface area contributed by atoms with Gasteiger partial charge in [0, 0.05) is 23.2 Å². The summed E-state index contributed by atoms with van der Waals surface area (Å²) in [6.45, 7) is 0. The molecule has 3 nitrogen and oxygen atoms in total. The van der Waals surface area contributed by atoms with E-state index in [0.29, 0.717) is 0 Å². The molecule has 4 heterocycles. The van der Waals surface area contributed by atoms with Gasteiger partial charge >= 0.3 is 0 Å².